The molecule has 0 atom stereocenters. The summed E-state index contributed by atoms with van der Waals surface area (Å²) < 4.78 is 2.13. The molecule has 1 N–H and O–H groups in total. The Balaban J connectivity index is 1.79. The maximum Gasteiger partial charge on any atom is 0.261 e. The molecule has 1 aromatic carbocycles. The molecule has 0 aliphatic carbocycles. The van der Waals surface area contributed by atoms with Crippen molar-refractivity contribution in [2.24, 2.45) is 0 Å². The first-order valence-electron chi connectivity index (χ1n) is 7.36. The fourth-order valence-corrected chi connectivity index (χ4v) is 3.24. The number of rotatable bonds is 4. The number of nitrogens with one attached hydrogen (secondary N) is 1. The van der Waals surface area contributed by atoms with Crippen molar-refractivity contribution in [3.63, 3.8) is 0 Å². The molecular formula is C18H15ClN2O2S. The second kappa shape index (κ2) is 7.03. The summed E-state index contributed by atoms with van der Waals surface area (Å²) in [4.78, 5) is 25.2. The highest BCUT2D eigenvalue weighted by Crippen LogP contribution is 2.21. The Kier molecular flexibility index (Phi) is 4.83. The van der Waals surface area contributed by atoms with Crippen LogP contribution < -0.4 is 10.9 Å². The highest BCUT2D eigenvalue weighted by atomic mass is 35.5. The van der Waals surface area contributed by atoms with E-state index in [1.165, 1.54) is 11.3 Å². The Morgan fingerprint density at radius 3 is 2.58 bits per heavy atom. The van der Waals surface area contributed by atoms with E-state index in [1.807, 2.05) is 31.2 Å². The number of halogens is 1. The number of hydrogen-bond donors (Lipinski definition) is 1. The summed E-state index contributed by atoms with van der Waals surface area (Å²) in [6.45, 7) is 2.16. The van der Waals surface area contributed by atoms with E-state index in [9.17, 15) is 9.59 Å². The molecule has 6 heteroatoms. The summed E-state index contributed by atoms with van der Waals surface area (Å²) in [5, 5.41) is 2.76. The van der Waals surface area contributed by atoms with E-state index in [1.54, 1.807) is 35.0 Å². The van der Waals surface area contributed by atoms with Crippen LogP contribution in [0.5, 0.6) is 0 Å². The maximum atomic E-state index is 12.6. The van der Waals surface area contributed by atoms with Crippen LogP contribution in [0.4, 0.5) is 0 Å². The molecule has 0 unspecified atom stereocenters. The average molecular weight is 359 g/mol. The van der Waals surface area contributed by atoms with E-state index in [0.29, 0.717) is 14.8 Å². The average Bonchev–Trinajstić information content (AvgIpc) is 3.01. The van der Waals surface area contributed by atoms with Crippen molar-refractivity contribution in [2.75, 3.05) is 0 Å². The second-order valence-corrected chi connectivity index (χ2v) is 7.05. The van der Waals surface area contributed by atoms with E-state index in [4.69, 9.17) is 11.6 Å². The van der Waals surface area contributed by atoms with Gasteiger partial charge < -0.3 is 5.32 Å². The number of aromatic nitrogens is 1. The van der Waals surface area contributed by atoms with Gasteiger partial charge in [0.25, 0.3) is 11.5 Å². The number of benzene rings is 1. The Bertz CT molecular complexity index is 929. The highest BCUT2D eigenvalue weighted by Gasteiger charge is 2.10. The molecule has 0 bridgehead atoms. The number of hydrogen-bond acceptors (Lipinski definition) is 3. The lowest BCUT2D eigenvalue weighted by Crippen LogP contribution is -2.28. The number of nitrogens with zero attached hydrogens (tertiary/aromatic N) is 1. The minimum atomic E-state index is -0.239. The van der Waals surface area contributed by atoms with Crippen LogP contribution in [-0.2, 0) is 6.54 Å². The van der Waals surface area contributed by atoms with Crippen LogP contribution in [0.15, 0.2) is 59.5 Å². The van der Waals surface area contributed by atoms with Crippen molar-refractivity contribution in [3.8, 4) is 5.69 Å². The third-order valence-corrected chi connectivity index (χ3v) is 4.80. The van der Waals surface area contributed by atoms with Gasteiger partial charge in [0.05, 0.1) is 9.21 Å². The van der Waals surface area contributed by atoms with Gasteiger partial charge >= 0.3 is 0 Å². The summed E-state index contributed by atoms with van der Waals surface area (Å²) in [6, 6.07) is 14.6. The van der Waals surface area contributed by atoms with Crippen molar-refractivity contribution >= 4 is 28.8 Å². The van der Waals surface area contributed by atoms with Gasteiger partial charge in [-0.2, -0.15) is 0 Å². The minimum Gasteiger partial charge on any atom is -0.347 e. The topological polar surface area (TPSA) is 51.1 Å². The normalized spacial score (nSPS) is 10.6. The quantitative estimate of drug-likeness (QED) is 0.771. The molecule has 2 heterocycles. The maximum absolute atomic E-state index is 12.6. The summed E-state index contributed by atoms with van der Waals surface area (Å²) >= 11 is 7.04. The molecule has 122 valence electrons. The van der Waals surface area contributed by atoms with Crippen molar-refractivity contribution in [3.05, 3.63) is 85.4 Å². The van der Waals surface area contributed by atoms with Crippen molar-refractivity contribution in [1.82, 2.24) is 9.88 Å². The fraction of sp³-hybridized carbons (Fsp3) is 0.111. The summed E-state index contributed by atoms with van der Waals surface area (Å²) in [5.74, 6) is -0.239. The molecule has 0 aliphatic heterocycles. The zero-order valence-electron chi connectivity index (χ0n) is 13.0. The fourth-order valence-electron chi connectivity index (χ4n) is 2.28. The molecule has 3 aromatic rings. The molecule has 3 rings (SSSR count). The molecule has 24 heavy (non-hydrogen) atoms. The van der Waals surface area contributed by atoms with Crippen LogP contribution in [0.1, 0.15) is 20.8 Å². The Labute approximate surface area is 148 Å². The van der Waals surface area contributed by atoms with Crippen LogP contribution in [0, 0.1) is 6.92 Å². The van der Waals surface area contributed by atoms with E-state index in [2.05, 4.69) is 5.32 Å². The van der Waals surface area contributed by atoms with Crippen LogP contribution in [-0.4, -0.2) is 10.5 Å². The van der Waals surface area contributed by atoms with E-state index >= 15 is 0 Å². The third kappa shape index (κ3) is 3.58. The van der Waals surface area contributed by atoms with Gasteiger partial charge in [-0.3, -0.25) is 14.2 Å². The van der Waals surface area contributed by atoms with Gasteiger partial charge in [-0.25, -0.2) is 0 Å². The minimum absolute atomic E-state index is 0.147. The lowest BCUT2D eigenvalue weighted by Gasteiger charge is -2.09. The Hall–Kier alpha value is -2.37. The Morgan fingerprint density at radius 2 is 1.92 bits per heavy atom. The SMILES string of the molecule is Cc1ccc(-n2cccc(CNC(=O)c3ccc(Cl)s3)c2=O)cc1. The van der Waals surface area contributed by atoms with Crippen LogP contribution >= 0.6 is 22.9 Å². The molecule has 0 saturated carbocycles. The number of pyridine rings is 1. The van der Waals surface area contributed by atoms with Crippen LogP contribution in [0.3, 0.4) is 0 Å². The monoisotopic (exact) mass is 358 g/mol. The van der Waals surface area contributed by atoms with E-state index < -0.39 is 0 Å². The van der Waals surface area contributed by atoms with Crippen LogP contribution in [0.25, 0.3) is 5.69 Å². The highest BCUT2D eigenvalue weighted by molar-refractivity contribution is 7.17. The number of amides is 1. The van der Waals surface area contributed by atoms with Gasteiger partial charge in [0, 0.05) is 24.0 Å². The summed E-state index contributed by atoms with van der Waals surface area (Å²) in [7, 11) is 0. The molecular weight excluding hydrogens is 344 g/mol. The first kappa shape index (κ1) is 16.5. The number of carbonyl (C=O) groups excluding carboxylic acids is 1. The van der Waals surface area contributed by atoms with Crippen molar-refractivity contribution in [2.45, 2.75) is 13.5 Å². The molecule has 0 fully saturated rings. The predicted octanol–water partition coefficient (Wildman–Crippen LogP) is 3.79. The first-order chi connectivity index (χ1) is 11.5. The smallest absolute Gasteiger partial charge is 0.261 e. The number of thiophene rings is 1. The van der Waals surface area contributed by atoms with Crippen molar-refractivity contribution < 1.29 is 4.79 Å². The van der Waals surface area contributed by atoms with Gasteiger partial charge in [0.15, 0.2) is 0 Å². The molecule has 4 nitrogen and oxygen atoms in total. The van der Waals surface area contributed by atoms with Gasteiger partial charge in [-0.15, -0.1) is 11.3 Å². The van der Waals surface area contributed by atoms with Gasteiger partial charge in [0.1, 0.15) is 0 Å². The summed E-state index contributed by atoms with van der Waals surface area (Å²) in [6.07, 6.45) is 1.72. The number of carbonyl (C=O) groups is 1. The standard InChI is InChI=1S/C18H15ClN2O2S/c1-12-4-6-14(7-5-12)21-10-2-3-13(18(21)23)11-20-17(22)15-8-9-16(19)24-15/h2-10H,11H2,1H3,(H,20,22). The van der Waals surface area contributed by atoms with Gasteiger partial charge in [-0.05, 0) is 37.3 Å². The van der Waals surface area contributed by atoms with E-state index in [-0.39, 0.29) is 18.0 Å². The lowest BCUT2D eigenvalue weighted by atomic mass is 10.2. The van der Waals surface area contributed by atoms with Crippen molar-refractivity contribution in [1.29, 1.82) is 0 Å². The predicted molar refractivity (Wildman–Crippen MR) is 97.3 cm³/mol. The Morgan fingerprint density at radius 1 is 1.17 bits per heavy atom. The molecule has 0 radical (unpaired) electrons. The van der Waals surface area contributed by atoms with Gasteiger partial charge in [0.2, 0.25) is 0 Å². The molecule has 0 saturated heterocycles. The number of aryl methyl sites for hydroxylation is 1. The van der Waals surface area contributed by atoms with E-state index in [0.717, 1.165) is 11.3 Å². The lowest BCUT2D eigenvalue weighted by molar-refractivity contribution is 0.0955. The zero-order valence-corrected chi connectivity index (χ0v) is 14.5. The first-order valence-corrected chi connectivity index (χ1v) is 8.55. The second-order valence-electron chi connectivity index (χ2n) is 5.33. The molecule has 0 spiro atoms. The third-order valence-electron chi connectivity index (χ3n) is 3.57. The zero-order chi connectivity index (χ0) is 17.1. The van der Waals surface area contributed by atoms with Gasteiger partial charge in [-0.1, -0.05) is 35.4 Å². The molecule has 2 aromatic heterocycles. The summed E-state index contributed by atoms with van der Waals surface area (Å²) in [5.41, 5.74) is 2.30. The largest absolute Gasteiger partial charge is 0.347 e. The molecule has 1 amide bonds. The molecule has 0 aliphatic rings. The van der Waals surface area contributed by atoms with Crippen LogP contribution in [0.2, 0.25) is 4.34 Å².